The number of nitrogens with one attached hydrogen (secondary N) is 1. The number of thiazole rings is 1. The van der Waals surface area contributed by atoms with E-state index in [1.807, 2.05) is 6.08 Å². The third-order valence-electron chi connectivity index (χ3n) is 5.27. The molecule has 1 aromatic heterocycles. The van der Waals surface area contributed by atoms with E-state index < -0.39 is 22.6 Å². The van der Waals surface area contributed by atoms with Gasteiger partial charge in [0.15, 0.2) is 11.0 Å². The van der Waals surface area contributed by atoms with Crippen LogP contribution in [-0.2, 0) is 11.0 Å². The third kappa shape index (κ3) is 5.55. The lowest BCUT2D eigenvalue weighted by Crippen LogP contribution is -2.36. The number of nitrogens with two attached hydrogens (primary N) is 1. The second kappa shape index (κ2) is 10.5. The number of nitrogens with zero attached hydrogens (tertiary/aromatic N) is 1. The molecule has 174 valence electrons. The van der Waals surface area contributed by atoms with Crippen LogP contribution in [0.5, 0.6) is 5.75 Å². The van der Waals surface area contributed by atoms with Gasteiger partial charge in [-0.15, -0.1) is 11.3 Å². The third-order valence-corrected chi connectivity index (χ3v) is 7.55. The number of allylic oxidation sites excluding steroid dienone is 1. The molecule has 1 aliphatic rings. The van der Waals surface area contributed by atoms with E-state index in [2.05, 4.69) is 9.71 Å². The maximum absolute atomic E-state index is 14.7. The Morgan fingerprint density at radius 1 is 1.21 bits per heavy atom. The fraction of sp³-hybridized carbons (Fsp3) is 0.227. The normalized spacial score (nSPS) is 19.1. The molecule has 0 radical (unpaired) electrons. The molecule has 11 heteroatoms. The molecule has 4 rings (SSSR count). The summed E-state index contributed by atoms with van der Waals surface area (Å²) in [5, 5.41) is 1.79. The molecular weight excluding hydrogens is 511 g/mol. The Balaban J connectivity index is 1.51. The van der Waals surface area contributed by atoms with E-state index in [1.165, 1.54) is 23.5 Å². The van der Waals surface area contributed by atoms with Crippen molar-refractivity contribution in [3.05, 3.63) is 74.5 Å². The molecular formula is C22H19Cl2F2N3O2S2. The molecule has 2 aromatic carbocycles. The van der Waals surface area contributed by atoms with E-state index in [-0.39, 0.29) is 39.3 Å². The Morgan fingerprint density at radius 3 is 2.76 bits per heavy atom. The molecule has 0 aliphatic heterocycles. The van der Waals surface area contributed by atoms with Crippen LogP contribution >= 0.6 is 34.5 Å². The van der Waals surface area contributed by atoms with Crippen LogP contribution in [0.3, 0.4) is 0 Å². The molecule has 1 heterocycles. The van der Waals surface area contributed by atoms with E-state index in [1.54, 1.807) is 23.0 Å². The van der Waals surface area contributed by atoms with Gasteiger partial charge in [0.2, 0.25) is 0 Å². The highest BCUT2D eigenvalue weighted by Crippen LogP contribution is 2.36. The van der Waals surface area contributed by atoms with Crippen LogP contribution in [0.15, 0.2) is 52.2 Å². The summed E-state index contributed by atoms with van der Waals surface area (Å²) in [5.41, 5.74) is 9.55. The van der Waals surface area contributed by atoms with Gasteiger partial charge in [-0.25, -0.2) is 18.0 Å². The van der Waals surface area contributed by atoms with Crippen molar-refractivity contribution >= 4 is 56.9 Å². The van der Waals surface area contributed by atoms with Gasteiger partial charge in [0, 0.05) is 23.4 Å². The predicted molar refractivity (Wildman–Crippen MR) is 129 cm³/mol. The molecule has 0 fully saturated rings. The van der Waals surface area contributed by atoms with Gasteiger partial charge in [-0.05, 0) is 42.2 Å². The molecule has 3 atom stereocenters. The minimum atomic E-state index is -1.88. The lowest BCUT2D eigenvalue weighted by molar-refractivity contribution is 0.252. The molecule has 1 aliphatic carbocycles. The first-order valence-electron chi connectivity index (χ1n) is 9.93. The van der Waals surface area contributed by atoms with Gasteiger partial charge in [0.25, 0.3) is 0 Å². The summed E-state index contributed by atoms with van der Waals surface area (Å²) in [5.74, 6) is -0.986. The Morgan fingerprint density at radius 2 is 2.03 bits per heavy atom. The molecule has 0 saturated carbocycles. The summed E-state index contributed by atoms with van der Waals surface area (Å²) in [4.78, 5) is 3.86. The van der Waals surface area contributed by atoms with Gasteiger partial charge >= 0.3 is 0 Å². The van der Waals surface area contributed by atoms with Gasteiger partial charge < -0.3 is 10.5 Å². The summed E-state index contributed by atoms with van der Waals surface area (Å²) < 4.78 is 49.2. The fourth-order valence-electron chi connectivity index (χ4n) is 3.59. The van der Waals surface area contributed by atoms with Crippen molar-refractivity contribution in [3.8, 4) is 5.75 Å². The van der Waals surface area contributed by atoms with Gasteiger partial charge in [-0.3, -0.25) is 4.72 Å². The summed E-state index contributed by atoms with van der Waals surface area (Å²) in [6.07, 6.45) is 3.54. The maximum Gasteiger partial charge on any atom is 0.154 e. The second-order valence-electron chi connectivity index (χ2n) is 7.40. The van der Waals surface area contributed by atoms with Crippen LogP contribution in [0.25, 0.3) is 5.57 Å². The first-order valence-corrected chi connectivity index (χ1v) is 12.8. The first kappa shape index (κ1) is 24.1. The highest BCUT2D eigenvalue weighted by atomic mass is 35.5. The van der Waals surface area contributed by atoms with E-state index in [9.17, 15) is 13.0 Å². The predicted octanol–water partition coefficient (Wildman–Crippen LogP) is 6.06. The van der Waals surface area contributed by atoms with Crippen LogP contribution in [-0.4, -0.2) is 21.8 Å². The molecule has 33 heavy (non-hydrogen) atoms. The van der Waals surface area contributed by atoms with E-state index in [4.69, 9.17) is 33.7 Å². The lowest BCUT2D eigenvalue weighted by Gasteiger charge is -2.30. The fourth-order valence-corrected chi connectivity index (χ4v) is 5.49. The molecule has 5 nitrogen and oxygen atoms in total. The standard InChI is InChI=1S/C22H19Cl2F2N3O2S2/c23-15-6-12(4-5-17(15)25)13-2-1-3-19(27)14(13)9-31-20-8-18(26)21(7-16(20)24)33(30)29-22-10-32-11-28-22/h2,4-8,10-11,14,19,29H,1,3,9,27H2. The van der Waals surface area contributed by atoms with Crippen molar-refractivity contribution in [2.45, 2.75) is 23.8 Å². The summed E-state index contributed by atoms with van der Waals surface area (Å²) in [7, 11) is -1.88. The zero-order valence-electron chi connectivity index (χ0n) is 17.1. The maximum atomic E-state index is 14.7. The number of anilines is 1. The zero-order chi connectivity index (χ0) is 23.5. The van der Waals surface area contributed by atoms with Crippen molar-refractivity contribution in [2.75, 3.05) is 11.3 Å². The average molecular weight is 530 g/mol. The Kier molecular flexibility index (Phi) is 7.65. The molecule has 0 bridgehead atoms. The quantitative estimate of drug-likeness (QED) is 0.389. The number of aromatic nitrogens is 1. The van der Waals surface area contributed by atoms with Crippen LogP contribution in [0.4, 0.5) is 14.6 Å². The SMILES string of the molecule is NC1CCC=C(c2ccc(F)c(Cl)c2)C1COc1cc(F)c(S(=O)Nc2cscn2)cc1Cl. The number of hydrogen-bond donors (Lipinski definition) is 2. The van der Waals surface area contributed by atoms with Crippen molar-refractivity contribution in [2.24, 2.45) is 11.7 Å². The van der Waals surface area contributed by atoms with Crippen LogP contribution < -0.4 is 15.2 Å². The van der Waals surface area contributed by atoms with E-state index >= 15 is 0 Å². The summed E-state index contributed by atoms with van der Waals surface area (Å²) in [6.45, 7) is 0.126. The number of hydrogen-bond acceptors (Lipinski definition) is 5. The number of halogens is 4. The van der Waals surface area contributed by atoms with Gasteiger partial charge in [-0.1, -0.05) is 35.3 Å². The summed E-state index contributed by atoms with van der Waals surface area (Å²) >= 11 is 13.6. The highest BCUT2D eigenvalue weighted by molar-refractivity contribution is 7.86. The highest BCUT2D eigenvalue weighted by Gasteiger charge is 2.28. The Labute approximate surface area is 206 Å². The van der Waals surface area contributed by atoms with E-state index in [0.29, 0.717) is 5.82 Å². The van der Waals surface area contributed by atoms with E-state index in [0.717, 1.165) is 30.0 Å². The monoisotopic (exact) mass is 529 g/mol. The second-order valence-corrected chi connectivity index (χ2v) is 10.1. The average Bonchev–Trinajstić information content (AvgIpc) is 3.29. The smallest absolute Gasteiger partial charge is 0.154 e. The van der Waals surface area contributed by atoms with Gasteiger partial charge in [0.05, 0.1) is 27.1 Å². The van der Waals surface area contributed by atoms with Crippen molar-refractivity contribution in [1.82, 2.24) is 4.98 Å². The van der Waals surface area contributed by atoms with Gasteiger partial charge in [0.1, 0.15) is 23.2 Å². The minimum absolute atomic E-state index is 0.0205. The molecule has 0 spiro atoms. The van der Waals surface area contributed by atoms with Crippen LogP contribution in [0.1, 0.15) is 18.4 Å². The summed E-state index contributed by atoms with van der Waals surface area (Å²) in [6, 6.07) is 6.65. The molecule has 3 unspecified atom stereocenters. The van der Waals surface area contributed by atoms with Crippen molar-refractivity contribution in [3.63, 3.8) is 0 Å². The topological polar surface area (TPSA) is 77.2 Å². The van der Waals surface area contributed by atoms with Crippen LogP contribution in [0, 0.1) is 17.6 Å². The Hall–Kier alpha value is -2.04. The molecule has 3 aromatic rings. The first-order chi connectivity index (χ1) is 15.8. The molecule has 0 amide bonds. The zero-order valence-corrected chi connectivity index (χ0v) is 20.2. The van der Waals surface area contributed by atoms with Crippen molar-refractivity contribution in [1.29, 1.82) is 0 Å². The molecule has 0 saturated heterocycles. The van der Waals surface area contributed by atoms with Crippen molar-refractivity contribution < 1.29 is 17.7 Å². The Bertz CT molecular complexity index is 1210. The largest absolute Gasteiger partial charge is 0.491 e. The number of benzene rings is 2. The molecule has 3 N–H and O–H groups in total. The lowest BCUT2D eigenvalue weighted by atomic mass is 9.81. The van der Waals surface area contributed by atoms with Gasteiger partial charge in [-0.2, -0.15) is 0 Å². The number of rotatable bonds is 7. The van der Waals surface area contributed by atoms with Crippen LogP contribution in [0.2, 0.25) is 10.0 Å². The minimum Gasteiger partial charge on any atom is -0.491 e. The number of ether oxygens (including phenoxy) is 1.